The number of nitrogens with one attached hydrogen (secondary N) is 2. The monoisotopic (exact) mass is 638 g/mol. The number of methoxy groups -OCH3 is 1. The molecule has 0 bridgehead atoms. The number of hydrogen-bond donors (Lipinski definition) is 2. The fraction of sp³-hybridized carbons (Fsp3) is 0.212. The summed E-state index contributed by atoms with van der Waals surface area (Å²) in [4.78, 5) is 40.5. The molecule has 1 saturated heterocycles. The van der Waals surface area contributed by atoms with Crippen molar-refractivity contribution in [2.45, 2.75) is 0 Å². The maximum absolute atomic E-state index is 13.6. The minimum absolute atomic E-state index is 0.307. The summed E-state index contributed by atoms with van der Waals surface area (Å²) >= 11 is 1.18. The number of ether oxygens (including phenoxy) is 4. The standard InChI is InChI=1S/C33H30N6O6S/c1-42-26-19-21(7-12-25(26)44-18-15-38-13-16-43-17-14-38)36-31(40)29-28-27-30(34-20-35-32(27)46-29)39(33(41)37-28)22-8-10-24(11-9-22)45-23-5-3-2-4-6-23/h2-12,19-20H,13-18H2,1H3,(H,36,40)(H,37,41). The Morgan fingerprint density at radius 2 is 1.78 bits per heavy atom. The zero-order chi connectivity index (χ0) is 31.5. The van der Waals surface area contributed by atoms with Crippen LogP contribution in [0.15, 0.2) is 79.1 Å². The van der Waals surface area contributed by atoms with Gasteiger partial charge in [0, 0.05) is 31.4 Å². The highest BCUT2D eigenvalue weighted by molar-refractivity contribution is 7.21. The molecule has 0 saturated carbocycles. The van der Waals surface area contributed by atoms with E-state index in [1.807, 2.05) is 30.3 Å². The second-order valence-electron chi connectivity index (χ2n) is 10.5. The summed E-state index contributed by atoms with van der Waals surface area (Å²) in [5.41, 5.74) is 1.47. The van der Waals surface area contributed by atoms with E-state index in [1.54, 1.807) is 49.6 Å². The third-order valence-corrected chi connectivity index (χ3v) is 8.68. The molecule has 0 atom stereocenters. The Labute approximate surface area is 268 Å². The van der Waals surface area contributed by atoms with E-state index in [1.165, 1.54) is 22.6 Å². The van der Waals surface area contributed by atoms with E-state index in [0.717, 1.165) is 32.8 Å². The second-order valence-corrected chi connectivity index (χ2v) is 11.5. The number of thiophene rings is 1. The highest BCUT2D eigenvalue weighted by Gasteiger charge is 2.34. The van der Waals surface area contributed by atoms with E-state index in [2.05, 4.69) is 25.5 Å². The molecule has 3 amide bonds. The summed E-state index contributed by atoms with van der Waals surface area (Å²) < 4.78 is 22.8. The molecule has 2 aliphatic heterocycles. The molecule has 1 fully saturated rings. The minimum Gasteiger partial charge on any atom is -0.493 e. The largest absolute Gasteiger partial charge is 0.493 e. The van der Waals surface area contributed by atoms with Crippen molar-refractivity contribution in [1.29, 1.82) is 0 Å². The highest BCUT2D eigenvalue weighted by Crippen LogP contribution is 2.45. The average molecular weight is 639 g/mol. The SMILES string of the molecule is COc1cc(NC(=O)c2sc3ncnc4c3c2NC(=O)N4c2ccc(Oc3ccccc3)cc2)ccc1OCCN1CCOCC1. The lowest BCUT2D eigenvalue weighted by molar-refractivity contribution is 0.0321. The molecular weight excluding hydrogens is 608 g/mol. The Kier molecular flexibility index (Phi) is 8.33. The van der Waals surface area contributed by atoms with Crippen molar-refractivity contribution in [3.8, 4) is 23.0 Å². The van der Waals surface area contributed by atoms with Gasteiger partial charge in [0.25, 0.3) is 5.91 Å². The number of para-hydroxylation sites is 1. The predicted molar refractivity (Wildman–Crippen MR) is 175 cm³/mol. The molecule has 2 aromatic heterocycles. The molecule has 12 nitrogen and oxygen atoms in total. The number of morpholine rings is 1. The first kappa shape index (κ1) is 29.5. The zero-order valence-corrected chi connectivity index (χ0v) is 25.7. The number of benzene rings is 3. The Hall–Kier alpha value is -5.24. The lowest BCUT2D eigenvalue weighted by Gasteiger charge is -2.27. The summed E-state index contributed by atoms with van der Waals surface area (Å²) in [6.07, 6.45) is 1.39. The fourth-order valence-electron chi connectivity index (χ4n) is 5.32. The van der Waals surface area contributed by atoms with Gasteiger partial charge in [-0.2, -0.15) is 0 Å². The number of nitrogens with zero attached hydrogens (tertiary/aromatic N) is 4. The zero-order valence-electron chi connectivity index (χ0n) is 24.9. The summed E-state index contributed by atoms with van der Waals surface area (Å²) in [6.45, 7) is 4.51. The van der Waals surface area contributed by atoms with E-state index in [-0.39, 0.29) is 0 Å². The van der Waals surface area contributed by atoms with Crippen LogP contribution in [0.4, 0.5) is 27.7 Å². The quantitative estimate of drug-likeness (QED) is 0.185. The Morgan fingerprint density at radius 1 is 1.00 bits per heavy atom. The number of carbonyl (C=O) groups excluding carboxylic acids is 2. The van der Waals surface area contributed by atoms with Crippen molar-refractivity contribution in [1.82, 2.24) is 14.9 Å². The Bertz CT molecular complexity index is 1880. The van der Waals surface area contributed by atoms with Gasteiger partial charge in [-0.25, -0.2) is 19.7 Å². The van der Waals surface area contributed by atoms with Crippen LogP contribution in [0.25, 0.3) is 10.2 Å². The normalized spacial score (nSPS) is 14.5. The van der Waals surface area contributed by atoms with Gasteiger partial charge in [0.2, 0.25) is 0 Å². The van der Waals surface area contributed by atoms with Crippen LogP contribution in [-0.2, 0) is 4.74 Å². The number of hydrogen-bond acceptors (Lipinski definition) is 10. The van der Waals surface area contributed by atoms with Crippen LogP contribution < -0.4 is 29.7 Å². The average Bonchev–Trinajstić information content (AvgIpc) is 3.46. The first-order valence-corrected chi connectivity index (χ1v) is 15.5. The number of aromatic nitrogens is 2. The molecule has 2 aliphatic rings. The molecule has 7 rings (SSSR count). The number of anilines is 4. The van der Waals surface area contributed by atoms with Crippen molar-refractivity contribution in [3.05, 3.63) is 84.0 Å². The summed E-state index contributed by atoms with van der Waals surface area (Å²) in [7, 11) is 1.55. The van der Waals surface area contributed by atoms with Crippen LogP contribution in [0, 0.1) is 0 Å². The van der Waals surface area contributed by atoms with Crippen molar-refractivity contribution in [3.63, 3.8) is 0 Å². The Morgan fingerprint density at radius 3 is 2.57 bits per heavy atom. The van der Waals surface area contributed by atoms with Gasteiger partial charge in [0.1, 0.15) is 34.1 Å². The molecule has 234 valence electrons. The van der Waals surface area contributed by atoms with Crippen molar-refractivity contribution < 1.29 is 28.5 Å². The molecule has 2 N–H and O–H groups in total. The number of rotatable bonds is 10. The van der Waals surface area contributed by atoms with Crippen molar-refractivity contribution in [2.75, 3.05) is 62.1 Å². The third-order valence-electron chi connectivity index (χ3n) is 7.59. The first-order valence-electron chi connectivity index (χ1n) is 14.7. The summed E-state index contributed by atoms with van der Waals surface area (Å²) in [5.74, 6) is 2.39. The van der Waals surface area contributed by atoms with Gasteiger partial charge >= 0.3 is 6.03 Å². The Balaban J connectivity index is 1.08. The van der Waals surface area contributed by atoms with E-state index >= 15 is 0 Å². The third kappa shape index (κ3) is 6.03. The van der Waals surface area contributed by atoms with Crippen LogP contribution in [0.1, 0.15) is 9.67 Å². The van der Waals surface area contributed by atoms with Crippen LogP contribution in [-0.4, -0.2) is 73.4 Å². The number of urea groups is 1. The number of carbonyl (C=O) groups is 2. The van der Waals surface area contributed by atoms with Gasteiger partial charge in [0.05, 0.1) is 37.1 Å². The molecule has 5 aromatic rings. The maximum atomic E-state index is 13.6. The lowest BCUT2D eigenvalue weighted by Crippen LogP contribution is -2.38. The molecule has 13 heteroatoms. The smallest absolute Gasteiger partial charge is 0.332 e. The van der Waals surface area contributed by atoms with Crippen molar-refractivity contribution >= 4 is 56.4 Å². The molecule has 46 heavy (non-hydrogen) atoms. The van der Waals surface area contributed by atoms with E-state index < -0.39 is 11.9 Å². The van der Waals surface area contributed by atoms with Crippen molar-refractivity contribution in [2.24, 2.45) is 0 Å². The summed E-state index contributed by atoms with van der Waals surface area (Å²) in [5, 5.41) is 6.40. The van der Waals surface area contributed by atoms with Gasteiger partial charge < -0.3 is 29.6 Å². The predicted octanol–water partition coefficient (Wildman–Crippen LogP) is 6.14. The van der Waals surface area contributed by atoms with Crippen LogP contribution in [0.2, 0.25) is 0 Å². The second kappa shape index (κ2) is 13.0. The maximum Gasteiger partial charge on any atom is 0.332 e. The van der Waals surface area contributed by atoms with Gasteiger partial charge in [-0.15, -0.1) is 11.3 Å². The van der Waals surface area contributed by atoms with Crippen LogP contribution in [0.3, 0.4) is 0 Å². The van der Waals surface area contributed by atoms with Gasteiger partial charge in [-0.3, -0.25) is 9.69 Å². The highest BCUT2D eigenvalue weighted by atomic mass is 32.1. The topological polar surface area (TPSA) is 127 Å². The minimum atomic E-state index is -0.447. The molecule has 0 spiro atoms. The molecule has 0 unspecified atom stereocenters. The lowest BCUT2D eigenvalue weighted by atomic mass is 10.2. The first-order chi connectivity index (χ1) is 22.6. The molecule has 0 aliphatic carbocycles. The molecule has 0 radical (unpaired) electrons. The van der Waals surface area contributed by atoms with Gasteiger partial charge in [-0.1, -0.05) is 18.2 Å². The molecule has 3 aromatic carbocycles. The summed E-state index contributed by atoms with van der Waals surface area (Å²) in [6, 6.07) is 21.3. The van der Waals surface area contributed by atoms with E-state index in [0.29, 0.717) is 67.6 Å². The van der Waals surface area contributed by atoms with Crippen LogP contribution >= 0.6 is 11.3 Å². The molecule has 4 heterocycles. The molecular formula is C33H30N6O6S. The van der Waals surface area contributed by atoms with Gasteiger partial charge in [0.15, 0.2) is 17.3 Å². The fourth-order valence-corrected chi connectivity index (χ4v) is 6.30. The van der Waals surface area contributed by atoms with E-state index in [4.69, 9.17) is 18.9 Å². The van der Waals surface area contributed by atoms with Crippen LogP contribution in [0.5, 0.6) is 23.0 Å². The van der Waals surface area contributed by atoms with Gasteiger partial charge in [-0.05, 0) is 48.5 Å². The number of amides is 3. The van der Waals surface area contributed by atoms with E-state index in [9.17, 15) is 9.59 Å².